The fourth-order valence-corrected chi connectivity index (χ4v) is 0.736. The van der Waals surface area contributed by atoms with Crippen LogP contribution in [0, 0.1) is 5.41 Å². The van der Waals surface area contributed by atoms with Crippen LogP contribution in [0.2, 0.25) is 0 Å². The van der Waals surface area contributed by atoms with Crippen molar-refractivity contribution >= 4 is 13.9 Å². The second-order valence-electron chi connectivity index (χ2n) is 4.13. The quantitative estimate of drug-likeness (QED) is 0.644. The van der Waals surface area contributed by atoms with Crippen molar-refractivity contribution < 1.29 is 4.79 Å². The first-order chi connectivity index (χ1) is 5.88. The molecule has 3 nitrogen and oxygen atoms in total. The zero-order valence-electron chi connectivity index (χ0n) is 9.05. The lowest BCUT2D eigenvalue weighted by Gasteiger charge is -2.20. The summed E-state index contributed by atoms with van der Waals surface area (Å²) in [6.07, 6.45) is 0. The lowest BCUT2D eigenvalue weighted by molar-refractivity contribution is -0.128. The van der Waals surface area contributed by atoms with Crippen LogP contribution in [0.15, 0.2) is 0 Å². The summed E-state index contributed by atoms with van der Waals surface area (Å²) < 4.78 is 0. The van der Waals surface area contributed by atoms with E-state index >= 15 is 0 Å². The fourth-order valence-electron chi connectivity index (χ4n) is 0.736. The summed E-state index contributed by atoms with van der Waals surface area (Å²) >= 11 is 0. The van der Waals surface area contributed by atoms with Gasteiger partial charge in [0.15, 0.2) is 7.98 Å². The lowest BCUT2D eigenvalue weighted by Crippen LogP contribution is -2.39. The molecule has 1 amide bonds. The van der Waals surface area contributed by atoms with Crippen LogP contribution >= 0.6 is 0 Å². The normalized spacial score (nSPS) is 11.8. The number of nitrogens with zero attached hydrogens (tertiary/aromatic N) is 1. The van der Waals surface area contributed by atoms with Gasteiger partial charge in [-0.3, -0.25) is 4.79 Å². The first-order valence-corrected chi connectivity index (χ1v) is 4.66. The van der Waals surface area contributed by atoms with Crippen LogP contribution in [0.4, 0.5) is 0 Å². The van der Waals surface area contributed by atoms with Gasteiger partial charge in [0.05, 0.1) is 0 Å². The Kier molecular flexibility index (Phi) is 5.07. The predicted octanol–water partition coefficient (Wildman–Crippen LogP) is 0.554. The highest BCUT2D eigenvalue weighted by atomic mass is 16.2. The molecule has 0 aromatic carbocycles. The van der Waals surface area contributed by atoms with Crippen molar-refractivity contribution in [2.75, 3.05) is 19.6 Å². The van der Waals surface area contributed by atoms with Gasteiger partial charge in [-0.15, -0.1) is 0 Å². The van der Waals surface area contributed by atoms with Crippen molar-refractivity contribution in [2.24, 2.45) is 5.41 Å². The average Bonchev–Trinajstić information content (AvgIpc) is 2.02. The minimum atomic E-state index is -0.314. The fraction of sp³-hybridized carbons (Fsp3) is 0.889. The molecule has 0 atom stereocenters. The molecule has 74 valence electrons. The van der Waals surface area contributed by atoms with E-state index in [1.165, 1.54) is 0 Å². The molecule has 13 heavy (non-hydrogen) atoms. The standard InChI is InChI=1S/C9H19BN2O/c1-5-12(10)7-6-11-8(13)9(2,3)4/h5-7H2,1-4H3,(H,11,13). The molecule has 0 aliphatic rings. The molecule has 0 aromatic heterocycles. The van der Waals surface area contributed by atoms with Gasteiger partial charge in [-0.2, -0.15) is 0 Å². The highest BCUT2D eigenvalue weighted by molar-refractivity contribution is 6.04. The monoisotopic (exact) mass is 182 g/mol. The molecule has 0 bridgehead atoms. The first kappa shape index (κ1) is 12.5. The molecule has 0 rings (SSSR count). The summed E-state index contributed by atoms with van der Waals surface area (Å²) in [5.74, 6) is 0.0667. The first-order valence-electron chi connectivity index (χ1n) is 4.66. The van der Waals surface area contributed by atoms with Gasteiger partial charge in [-0.25, -0.2) is 0 Å². The Hall–Kier alpha value is -0.505. The molecule has 0 unspecified atom stereocenters. The van der Waals surface area contributed by atoms with Gasteiger partial charge < -0.3 is 10.1 Å². The van der Waals surface area contributed by atoms with E-state index in [1.54, 1.807) is 4.81 Å². The third-order valence-corrected chi connectivity index (χ3v) is 1.77. The van der Waals surface area contributed by atoms with Gasteiger partial charge in [-0.05, 0) is 6.54 Å². The van der Waals surface area contributed by atoms with E-state index in [2.05, 4.69) is 5.32 Å². The number of nitrogens with one attached hydrogen (secondary N) is 1. The van der Waals surface area contributed by atoms with Crippen LogP contribution in [-0.4, -0.2) is 38.3 Å². The minimum absolute atomic E-state index is 0.0667. The number of likely N-dealkylation sites (N-methyl/N-ethyl adjacent to an activating group) is 1. The summed E-state index contributed by atoms with van der Waals surface area (Å²) in [6, 6.07) is 0. The van der Waals surface area contributed by atoms with Crippen molar-refractivity contribution in [3.05, 3.63) is 0 Å². The number of hydrogen-bond acceptors (Lipinski definition) is 2. The van der Waals surface area contributed by atoms with E-state index in [1.807, 2.05) is 27.7 Å². The maximum atomic E-state index is 11.4. The highest BCUT2D eigenvalue weighted by Gasteiger charge is 2.20. The summed E-state index contributed by atoms with van der Waals surface area (Å²) in [5.41, 5.74) is -0.314. The minimum Gasteiger partial charge on any atom is -0.354 e. The molecular weight excluding hydrogens is 163 g/mol. The highest BCUT2D eigenvalue weighted by Crippen LogP contribution is 2.11. The Bertz CT molecular complexity index is 165. The number of hydrogen-bond donors (Lipinski definition) is 1. The summed E-state index contributed by atoms with van der Waals surface area (Å²) in [6.45, 7) is 9.75. The van der Waals surface area contributed by atoms with Crippen LogP contribution in [0.25, 0.3) is 0 Å². The third-order valence-electron chi connectivity index (χ3n) is 1.77. The molecule has 0 aliphatic heterocycles. The molecule has 0 saturated carbocycles. The van der Waals surface area contributed by atoms with Crippen molar-refractivity contribution in [2.45, 2.75) is 27.7 Å². The molecule has 0 fully saturated rings. The molecular formula is C9H19BN2O. The molecule has 2 radical (unpaired) electrons. The number of carbonyl (C=O) groups excluding carboxylic acids is 1. The van der Waals surface area contributed by atoms with Crippen molar-refractivity contribution in [3.63, 3.8) is 0 Å². The Balaban J connectivity index is 3.60. The van der Waals surface area contributed by atoms with E-state index in [9.17, 15) is 4.79 Å². The third kappa shape index (κ3) is 5.69. The van der Waals surface area contributed by atoms with Crippen LogP contribution in [0.5, 0.6) is 0 Å². The van der Waals surface area contributed by atoms with Crippen LogP contribution in [-0.2, 0) is 4.79 Å². The van der Waals surface area contributed by atoms with Crippen LogP contribution in [0.3, 0.4) is 0 Å². The number of carbonyl (C=O) groups is 1. The molecule has 0 heterocycles. The van der Waals surface area contributed by atoms with Gasteiger partial charge in [0.25, 0.3) is 0 Å². The lowest BCUT2D eigenvalue weighted by atomic mass is 9.96. The Morgan fingerprint density at radius 1 is 1.46 bits per heavy atom. The summed E-state index contributed by atoms with van der Waals surface area (Å²) in [4.78, 5) is 13.0. The Labute approximate surface area is 82.3 Å². The van der Waals surface area contributed by atoms with E-state index in [-0.39, 0.29) is 11.3 Å². The smallest absolute Gasteiger partial charge is 0.225 e. The van der Waals surface area contributed by atoms with Gasteiger partial charge >= 0.3 is 0 Å². The molecule has 0 spiro atoms. The van der Waals surface area contributed by atoms with E-state index in [4.69, 9.17) is 7.98 Å². The van der Waals surface area contributed by atoms with E-state index in [0.717, 1.165) is 6.54 Å². The zero-order chi connectivity index (χ0) is 10.5. The van der Waals surface area contributed by atoms with Gasteiger partial charge in [0, 0.05) is 18.5 Å². The maximum Gasteiger partial charge on any atom is 0.225 e. The topological polar surface area (TPSA) is 32.3 Å². The molecule has 4 heteroatoms. The molecule has 0 aromatic rings. The average molecular weight is 182 g/mol. The Morgan fingerprint density at radius 3 is 2.38 bits per heavy atom. The van der Waals surface area contributed by atoms with Crippen molar-refractivity contribution in [3.8, 4) is 0 Å². The summed E-state index contributed by atoms with van der Waals surface area (Å²) in [7, 11) is 5.55. The van der Waals surface area contributed by atoms with Gasteiger partial charge in [0.2, 0.25) is 5.91 Å². The molecule has 0 saturated heterocycles. The molecule has 1 N–H and O–H groups in total. The van der Waals surface area contributed by atoms with Crippen LogP contribution in [0.1, 0.15) is 27.7 Å². The second kappa shape index (κ2) is 5.27. The number of rotatable bonds is 4. The second-order valence-corrected chi connectivity index (χ2v) is 4.13. The zero-order valence-corrected chi connectivity index (χ0v) is 9.05. The summed E-state index contributed by atoms with van der Waals surface area (Å²) in [5, 5.41) is 2.83. The van der Waals surface area contributed by atoms with Crippen molar-refractivity contribution in [1.82, 2.24) is 10.1 Å². The predicted molar refractivity (Wildman–Crippen MR) is 55.5 cm³/mol. The van der Waals surface area contributed by atoms with E-state index < -0.39 is 0 Å². The van der Waals surface area contributed by atoms with Gasteiger partial charge in [-0.1, -0.05) is 27.7 Å². The van der Waals surface area contributed by atoms with E-state index in [0.29, 0.717) is 13.1 Å². The van der Waals surface area contributed by atoms with Crippen molar-refractivity contribution in [1.29, 1.82) is 0 Å². The SMILES string of the molecule is [B]N(CC)CCNC(=O)C(C)(C)C. The number of amides is 1. The maximum absolute atomic E-state index is 11.4. The Morgan fingerprint density at radius 2 is 2.00 bits per heavy atom. The van der Waals surface area contributed by atoms with Crippen LogP contribution < -0.4 is 5.32 Å². The molecule has 0 aliphatic carbocycles. The van der Waals surface area contributed by atoms with Gasteiger partial charge in [0.1, 0.15) is 0 Å². The largest absolute Gasteiger partial charge is 0.354 e.